The van der Waals surface area contributed by atoms with Gasteiger partial charge in [-0.15, -0.1) is 0 Å². The van der Waals surface area contributed by atoms with Crippen LogP contribution >= 0.6 is 0 Å². The van der Waals surface area contributed by atoms with Gasteiger partial charge in [0.1, 0.15) is 0 Å². The van der Waals surface area contributed by atoms with E-state index in [1.807, 2.05) is 12.4 Å². The molecule has 0 amide bonds. The minimum Gasteiger partial charge on any atom is -0.310 e. The number of rotatable bonds is 14. The number of para-hydroxylation sites is 8. The molecule has 0 bridgehead atoms. The van der Waals surface area contributed by atoms with Crippen LogP contribution in [0, 0.1) is 0 Å². The Bertz CT molecular complexity index is 5070. The van der Waals surface area contributed by atoms with Crippen molar-refractivity contribution in [3.05, 3.63) is 352 Å². The SMILES string of the molecule is c1ccc(N(c2ccccc2)c2ccc3c(c2)c2cc(N(c4ccccc4)c4ccccc4)ccc2n3-c2cnc3c(c2)c2nccnc2c2cc(-n4c5ccc(N(c6ccccc6)c6ccccc6)cc5c5cc(N(c6ccccc6)c6ccccc6)ccc54)cnc23)cc1. The number of fused-ring (bicyclic) bond motifs is 12. The van der Waals surface area contributed by atoms with Crippen molar-refractivity contribution in [3.8, 4) is 11.4 Å². The van der Waals surface area contributed by atoms with Gasteiger partial charge in [-0.05, 0) is 182 Å². The Balaban J connectivity index is 0.824. The second-order valence-corrected chi connectivity index (χ2v) is 23.9. The number of nitrogens with zero attached hydrogens (tertiary/aromatic N) is 10. The van der Waals surface area contributed by atoms with Crippen LogP contribution in [0.25, 0.3) is 87.8 Å². The Labute approximate surface area is 554 Å². The van der Waals surface area contributed by atoms with Crippen molar-refractivity contribution in [2.75, 3.05) is 19.6 Å². The fourth-order valence-electron chi connectivity index (χ4n) is 14.1. The van der Waals surface area contributed by atoms with Crippen LogP contribution in [0.1, 0.15) is 0 Å². The van der Waals surface area contributed by atoms with E-state index in [0.29, 0.717) is 0 Å². The van der Waals surface area contributed by atoms with Crippen LogP contribution in [-0.2, 0) is 0 Å². The summed E-state index contributed by atoms with van der Waals surface area (Å²) < 4.78 is 4.69. The highest BCUT2D eigenvalue weighted by Gasteiger charge is 2.25. The lowest BCUT2D eigenvalue weighted by Gasteiger charge is -2.26. The zero-order valence-corrected chi connectivity index (χ0v) is 52.0. The van der Waals surface area contributed by atoms with Gasteiger partial charge in [-0.1, -0.05) is 146 Å². The zero-order valence-electron chi connectivity index (χ0n) is 52.0. The second-order valence-electron chi connectivity index (χ2n) is 23.9. The van der Waals surface area contributed by atoms with Crippen molar-refractivity contribution in [1.82, 2.24) is 29.1 Å². The summed E-state index contributed by atoms with van der Waals surface area (Å²) in [5.74, 6) is 0. The Hall–Kier alpha value is -13.2. The van der Waals surface area contributed by atoms with Gasteiger partial charge in [-0.3, -0.25) is 19.9 Å². The maximum atomic E-state index is 5.44. The first-order chi connectivity index (χ1) is 47.6. The number of hydrogen-bond donors (Lipinski definition) is 0. The predicted molar refractivity (Wildman–Crippen MR) is 398 cm³/mol. The summed E-state index contributed by atoms with van der Waals surface area (Å²) in [4.78, 5) is 30.5. The zero-order chi connectivity index (χ0) is 63.5. The molecule has 0 unspecified atom stereocenters. The topological polar surface area (TPSA) is 74.4 Å². The molecule has 0 spiro atoms. The minimum absolute atomic E-state index is 0.738. The average Bonchev–Trinajstić information content (AvgIpc) is 1.62. The molecule has 10 heteroatoms. The van der Waals surface area contributed by atoms with E-state index in [0.717, 1.165) is 156 Å². The van der Waals surface area contributed by atoms with Crippen molar-refractivity contribution in [3.63, 3.8) is 0 Å². The van der Waals surface area contributed by atoms with Gasteiger partial charge in [0.05, 0.1) is 67.9 Å². The Kier molecular flexibility index (Phi) is 13.6. The Morgan fingerprint density at radius 1 is 0.188 bits per heavy atom. The lowest BCUT2D eigenvalue weighted by molar-refractivity contribution is 1.15. The van der Waals surface area contributed by atoms with E-state index in [-0.39, 0.29) is 0 Å². The molecule has 0 saturated heterocycles. The number of benzene rings is 13. The predicted octanol–water partition coefficient (Wildman–Crippen LogP) is 22.8. The first-order valence-corrected chi connectivity index (χ1v) is 32.3. The largest absolute Gasteiger partial charge is 0.310 e. The Morgan fingerprint density at radius 2 is 0.396 bits per heavy atom. The lowest BCUT2D eigenvalue weighted by Crippen LogP contribution is -2.09. The summed E-state index contributed by atoms with van der Waals surface area (Å²) in [6.45, 7) is 0. The van der Waals surface area contributed by atoms with Gasteiger partial charge >= 0.3 is 0 Å². The third kappa shape index (κ3) is 9.58. The lowest BCUT2D eigenvalue weighted by atomic mass is 10.1. The quantitative estimate of drug-likeness (QED) is 0.0997. The highest BCUT2D eigenvalue weighted by atomic mass is 15.2. The van der Waals surface area contributed by atoms with Crippen molar-refractivity contribution in [2.24, 2.45) is 0 Å². The number of anilines is 12. The molecular weight excluding hydrogens is 1170 g/mol. The smallest absolute Gasteiger partial charge is 0.0989 e. The third-order valence-electron chi connectivity index (χ3n) is 18.3. The van der Waals surface area contributed by atoms with Crippen molar-refractivity contribution in [2.45, 2.75) is 0 Å². The van der Waals surface area contributed by atoms with Gasteiger partial charge < -0.3 is 28.7 Å². The molecule has 5 aromatic heterocycles. The average molecular weight is 1230 g/mol. The third-order valence-corrected chi connectivity index (χ3v) is 18.3. The molecule has 0 aliphatic heterocycles. The van der Waals surface area contributed by atoms with Crippen LogP contribution in [0.3, 0.4) is 0 Å². The molecule has 13 aromatic carbocycles. The summed E-state index contributed by atoms with van der Waals surface area (Å²) in [5.41, 5.74) is 21.5. The molecule has 5 heterocycles. The van der Waals surface area contributed by atoms with Gasteiger partial charge in [0, 0.05) is 113 Å². The van der Waals surface area contributed by atoms with Gasteiger partial charge in [0.2, 0.25) is 0 Å². The van der Waals surface area contributed by atoms with Gasteiger partial charge in [0.25, 0.3) is 0 Å². The standard InChI is InChI=1S/C86H58N10/c1-9-25-59(26-10-1)91(60-27-11-2-12-28-60)67-41-45-79-73(51-67)74-52-68(92(61-29-13-3-14-30-61)62-31-15-4-16-32-62)42-46-80(74)95(79)71-55-77-83-84(88-50-49-87-83)78-56-72(58-90-86(78)85(77)89-57-71)96-81-47-43-69(93(63-33-17-5-18-34-63)64-35-19-6-20-36-64)53-75(81)76-54-70(44-48-82(76)96)94(65-37-21-7-22-38-65)66-39-23-8-24-40-66/h1-58H. The van der Waals surface area contributed by atoms with Crippen molar-refractivity contribution < 1.29 is 0 Å². The normalized spacial score (nSPS) is 11.5. The molecule has 452 valence electrons. The monoisotopic (exact) mass is 1230 g/mol. The van der Waals surface area contributed by atoms with E-state index in [2.05, 4.69) is 356 Å². The van der Waals surface area contributed by atoms with E-state index in [9.17, 15) is 0 Å². The van der Waals surface area contributed by atoms with Crippen LogP contribution in [-0.4, -0.2) is 29.1 Å². The fourth-order valence-corrected chi connectivity index (χ4v) is 14.1. The van der Waals surface area contributed by atoms with E-state index in [1.54, 1.807) is 12.4 Å². The molecule has 96 heavy (non-hydrogen) atoms. The van der Waals surface area contributed by atoms with Crippen LogP contribution < -0.4 is 19.6 Å². The molecule has 0 aliphatic carbocycles. The second kappa shape index (κ2) is 23.5. The summed E-state index contributed by atoms with van der Waals surface area (Å²) in [6, 6.07) is 116. The van der Waals surface area contributed by atoms with E-state index in [4.69, 9.17) is 19.9 Å². The molecule has 18 aromatic rings. The molecule has 0 N–H and O–H groups in total. The van der Waals surface area contributed by atoms with E-state index >= 15 is 0 Å². The van der Waals surface area contributed by atoms with Crippen molar-refractivity contribution >= 4 is 145 Å². The van der Waals surface area contributed by atoms with E-state index in [1.165, 1.54) is 0 Å². The summed E-state index contributed by atoms with van der Waals surface area (Å²) in [6.07, 6.45) is 7.54. The molecule has 18 rings (SSSR count). The first-order valence-electron chi connectivity index (χ1n) is 32.3. The highest BCUT2D eigenvalue weighted by Crippen LogP contribution is 2.47. The first kappa shape index (κ1) is 55.6. The maximum Gasteiger partial charge on any atom is 0.0989 e. The minimum atomic E-state index is 0.738. The fraction of sp³-hybridized carbons (Fsp3) is 0. The molecule has 0 atom stereocenters. The van der Waals surface area contributed by atoms with Gasteiger partial charge in [-0.25, -0.2) is 0 Å². The molecular formula is C86H58N10. The van der Waals surface area contributed by atoms with Crippen LogP contribution in [0.2, 0.25) is 0 Å². The summed E-state index contributed by atoms with van der Waals surface area (Å²) in [5, 5.41) is 6.06. The summed E-state index contributed by atoms with van der Waals surface area (Å²) >= 11 is 0. The highest BCUT2D eigenvalue weighted by molar-refractivity contribution is 6.22. The van der Waals surface area contributed by atoms with Crippen LogP contribution in [0.15, 0.2) is 352 Å². The van der Waals surface area contributed by atoms with Gasteiger partial charge in [0.15, 0.2) is 0 Å². The molecule has 0 fully saturated rings. The summed E-state index contributed by atoms with van der Waals surface area (Å²) in [7, 11) is 0. The van der Waals surface area contributed by atoms with Crippen molar-refractivity contribution in [1.29, 1.82) is 0 Å². The van der Waals surface area contributed by atoms with Gasteiger partial charge in [-0.2, -0.15) is 0 Å². The Morgan fingerprint density at radius 3 is 0.615 bits per heavy atom. The number of aromatic nitrogens is 6. The number of hydrogen-bond acceptors (Lipinski definition) is 8. The number of pyridine rings is 2. The maximum absolute atomic E-state index is 5.44. The molecule has 0 radical (unpaired) electrons. The van der Waals surface area contributed by atoms with Crippen LogP contribution in [0.4, 0.5) is 68.2 Å². The van der Waals surface area contributed by atoms with Crippen LogP contribution in [0.5, 0.6) is 0 Å². The molecule has 0 aliphatic rings. The molecule has 0 saturated carbocycles. The van der Waals surface area contributed by atoms with E-state index < -0.39 is 0 Å². The molecule has 10 nitrogen and oxygen atoms in total.